The fourth-order valence-corrected chi connectivity index (χ4v) is 2.57. The summed E-state index contributed by atoms with van der Waals surface area (Å²) in [6.07, 6.45) is 0. The van der Waals surface area contributed by atoms with E-state index in [4.69, 9.17) is 0 Å². The average molecular weight is 235 g/mol. The fourth-order valence-electron chi connectivity index (χ4n) is 2.57. The van der Waals surface area contributed by atoms with Crippen LogP contribution in [0.15, 0.2) is 12.1 Å². The van der Waals surface area contributed by atoms with Gasteiger partial charge in [0.15, 0.2) is 0 Å². The van der Waals surface area contributed by atoms with Gasteiger partial charge in [-0.15, -0.1) is 0 Å². The van der Waals surface area contributed by atoms with E-state index < -0.39 is 5.60 Å². The van der Waals surface area contributed by atoms with Gasteiger partial charge < -0.3 is 5.11 Å². The number of likely N-dealkylation sites (N-methyl/N-ethyl adjacent to an activating group) is 1. The SMILES string of the molecule is Cc1cc(C)c(C(N(C)C)C(C)(C)O)cc1C. The lowest BCUT2D eigenvalue weighted by Gasteiger charge is -2.36. The largest absolute Gasteiger partial charge is 0.388 e. The molecule has 0 aliphatic carbocycles. The highest BCUT2D eigenvalue weighted by atomic mass is 16.3. The Morgan fingerprint density at radius 2 is 1.47 bits per heavy atom. The number of rotatable bonds is 3. The van der Waals surface area contributed by atoms with Gasteiger partial charge in [-0.25, -0.2) is 0 Å². The van der Waals surface area contributed by atoms with Crippen LogP contribution in [0.1, 0.15) is 42.1 Å². The Labute approximate surface area is 105 Å². The molecule has 0 heterocycles. The first-order valence-corrected chi connectivity index (χ1v) is 6.11. The Morgan fingerprint density at radius 3 is 1.88 bits per heavy atom. The highest BCUT2D eigenvalue weighted by Crippen LogP contribution is 2.33. The molecule has 17 heavy (non-hydrogen) atoms. The molecular weight excluding hydrogens is 210 g/mol. The second-order valence-corrected chi connectivity index (χ2v) is 5.81. The maximum Gasteiger partial charge on any atom is 0.0787 e. The highest BCUT2D eigenvalue weighted by molar-refractivity contribution is 5.39. The zero-order valence-corrected chi connectivity index (χ0v) is 12.1. The minimum absolute atomic E-state index is 0.0156. The second-order valence-electron chi connectivity index (χ2n) is 5.81. The van der Waals surface area contributed by atoms with Gasteiger partial charge in [0.05, 0.1) is 11.6 Å². The fraction of sp³-hybridized carbons (Fsp3) is 0.600. The Bertz CT molecular complexity index is 402. The van der Waals surface area contributed by atoms with Crippen LogP contribution in [0.3, 0.4) is 0 Å². The summed E-state index contributed by atoms with van der Waals surface area (Å²) in [5.74, 6) is 0. The summed E-state index contributed by atoms with van der Waals surface area (Å²) in [6, 6.07) is 4.42. The van der Waals surface area contributed by atoms with Crippen LogP contribution in [0, 0.1) is 20.8 Å². The van der Waals surface area contributed by atoms with Crippen LogP contribution in [0.2, 0.25) is 0 Å². The molecular formula is C15H25NO. The van der Waals surface area contributed by atoms with Crippen LogP contribution >= 0.6 is 0 Å². The Hall–Kier alpha value is -0.860. The smallest absolute Gasteiger partial charge is 0.0787 e. The van der Waals surface area contributed by atoms with Crippen molar-refractivity contribution < 1.29 is 5.11 Å². The lowest BCUT2D eigenvalue weighted by molar-refractivity contribution is -0.00344. The van der Waals surface area contributed by atoms with Gasteiger partial charge in [0, 0.05) is 0 Å². The first kappa shape index (κ1) is 14.2. The minimum Gasteiger partial charge on any atom is -0.388 e. The summed E-state index contributed by atoms with van der Waals surface area (Å²) >= 11 is 0. The molecule has 96 valence electrons. The number of nitrogens with zero attached hydrogens (tertiary/aromatic N) is 1. The minimum atomic E-state index is -0.754. The summed E-state index contributed by atoms with van der Waals surface area (Å²) in [5.41, 5.74) is 4.29. The molecule has 0 spiro atoms. The topological polar surface area (TPSA) is 23.5 Å². The Kier molecular flexibility index (Phi) is 4.00. The molecule has 0 aliphatic heterocycles. The molecule has 0 aliphatic rings. The van der Waals surface area contributed by atoms with Crippen molar-refractivity contribution in [2.45, 2.75) is 46.3 Å². The van der Waals surface area contributed by atoms with Crippen molar-refractivity contribution >= 4 is 0 Å². The van der Waals surface area contributed by atoms with Crippen LogP contribution in [-0.4, -0.2) is 29.7 Å². The van der Waals surface area contributed by atoms with E-state index in [0.717, 1.165) is 0 Å². The first-order valence-electron chi connectivity index (χ1n) is 6.11. The molecule has 1 aromatic rings. The Morgan fingerprint density at radius 1 is 1.00 bits per heavy atom. The van der Waals surface area contributed by atoms with Crippen LogP contribution in [0.4, 0.5) is 0 Å². The van der Waals surface area contributed by atoms with Crippen molar-refractivity contribution in [1.82, 2.24) is 4.90 Å². The molecule has 0 aromatic heterocycles. The zero-order valence-electron chi connectivity index (χ0n) is 12.1. The third-order valence-electron chi connectivity index (χ3n) is 3.36. The average Bonchev–Trinajstić information content (AvgIpc) is 2.11. The van der Waals surface area contributed by atoms with Crippen molar-refractivity contribution in [1.29, 1.82) is 0 Å². The lowest BCUT2D eigenvalue weighted by atomic mass is 9.86. The monoisotopic (exact) mass is 235 g/mol. The van der Waals surface area contributed by atoms with E-state index in [0.29, 0.717) is 0 Å². The number of hydrogen-bond donors (Lipinski definition) is 1. The van der Waals surface area contributed by atoms with Crippen molar-refractivity contribution in [2.75, 3.05) is 14.1 Å². The lowest BCUT2D eigenvalue weighted by Crippen LogP contribution is -2.39. The summed E-state index contributed by atoms with van der Waals surface area (Å²) < 4.78 is 0. The van der Waals surface area contributed by atoms with Crippen LogP contribution < -0.4 is 0 Å². The van der Waals surface area contributed by atoms with Gasteiger partial charge in [0.2, 0.25) is 0 Å². The molecule has 1 atom stereocenters. The molecule has 1 aromatic carbocycles. The van der Waals surface area contributed by atoms with E-state index in [2.05, 4.69) is 37.8 Å². The maximum atomic E-state index is 10.3. The van der Waals surface area contributed by atoms with Crippen molar-refractivity contribution in [2.24, 2.45) is 0 Å². The predicted octanol–water partition coefficient (Wildman–Crippen LogP) is 2.99. The molecule has 1 rings (SSSR count). The van der Waals surface area contributed by atoms with E-state index in [-0.39, 0.29) is 6.04 Å². The van der Waals surface area contributed by atoms with Gasteiger partial charge in [-0.05, 0) is 71.0 Å². The van der Waals surface area contributed by atoms with Crippen LogP contribution in [0.5, 0.6) is 0 Å². The second kappa shape index (κ2) is 4.79. The molecule has 0 saturated heterocycles. The number of benzene rings is 1. The number of aryl methyl sites for hydroxylation is 3. The van der Waals surface area contributed by atoms with E-state index in [1.165, 1.54) is 22.3 Å². The van der Waals surface area contributed by atoms with Crippen LogP contribution in [0.25, 0.3) is 0 Å². The number of aliphatic hydroxyl groups is 1. The summed E-state index contributed by atoms with van der Waals surface area (Å²) in [4.78, 5) is 2.08. The quantitative estimate of drug-likeness (QED) is 0.870. The molecule has 0 fully saturated rings. The van der Waals surface area contributed by atoms with E-state index in [1.54, 1.807) is 0 Å². The highest BCUT2D eigenvalue weighted by Gasteiger charge is 2.31. The van der Waals surface area contributed by atoms with Gasteiger partial charge in [-0.2, -0.15) is 0 Å². The van der Waals surface area contributed by atoms with E-state index in [9.17, 15) is 5.11 Å². The first-order chi connectivity index (χ1) is 7.64. The van der Waals surface area contributed by atoms with Crippen molar-refractivity contribution in [3.63, 3.8) is 0 Å². The molecule has 0 saturated carbocycles. The summed E-state index contributed by atoms with van der Waals surface area (Å²) in [5, 5.41) is 10.3. The Balaban J connectivity index is 3.34. The molecule has 0 amide bonds. The standard InChI is InChI=1S/C15H25NO/c1-10-8-12(3)13(9-11(10)2)14(16(6)7)15(4,5)17/h8-9,14,17H,1-7H3. The maximum absolute atomic E-state index is 10.3. The van der Waals surface area contributed by atoms with Gasteiger partial charge >= 0.3 is 0 Å². The van der Waals surface area contributed by atoms with Gasteiger partial charge in [0.25, 0.3) is 0 Å². The molecule has 0 bridgehead atoms. The molecule has 2 heteroatoms. The molecule has 2 nitrogen and oxygen atoms in total. The predicted molar refractivity (Wildman–Crippen MR) is 73.4 cm³/mol. The zero-order chi connectivity index (χ0) is 13.4. The summed E-state index contributed by atoms with van der Waals surface area (Å²) in [7, 11) is 4.02. The third kappa shape index (κ3) is 3.08. The van der Waals surface area contributed by atoms with E-state index >= 15 is 0 Å². The molecule has 0 radical (unpaired) electrons. The summed E-state index contributed by atoms with van der Waals surface area (Å²) in [6.45, 7) is 10.1. The van der Waals surface area contributed by atoms with Gasteiger partial charge in [-0.1, -0.05) is 12.1 Å². The van der Waals surface area contributed by atoms with E-state index in [1.807, 2.05) is 27.9 Å². The van der Waals surface area contributed by atoms with Gasteiger partial charge in [-0.3, -0.25) is 4.90 Å². The van der Waals surface area contributed by atoms with Crippen molar-refractivity contribution in [3.05, 3.63) is 34.4 Å². The molecule has 1 N–H and O–H groups in total. The third-order valence-corrected chi connectivity index (χ3v) is 3.36. The normalized spacial score (nSPS) is 14.2. The van der Waals surface area contributed by atoms with Crippen molar-refractivity contribution in [3.8, 4) is 0 Å². The van der Waals surface area contributed by atoms with Crippen LogP contribution in [-0.2, 0) is 0 Å². The van der Waals surface area contributed by atoms with Gasteiger partial charge in [0.1, 0.15) is 0 Å². The molecule has 1 unspecified atom stereocenters. The number of hydrogen-bond acceptors (Lipinski definition) is 2.